The number of hydrogen-bond donors (Lipinski definition) is 1. The van der Waals surface area contributed by atoms with Gasteiger partial charge in [-0.1, -0.05) is 6.92 Å². The summed E-state index contributed by atoms with van der Waals surface area (Å²) in [7, 11) is 3.68. The molecule has 1 N–H and O–H groups in total. The predicted octanol–water partition coefficient (Wildman–Crippen LogP) is 4.17. The van der Waals surface area contributed by atoms with Crippen molar-refractivity contribution in [2.24, 2.45) is 7.05 Å². The molecule has 2 atom stereocenters. The Bertz CT molecular complexity index is 1620. The maximum atomic E-state index is 13.6. The molecule has 6 heterocycles. The van der Waals surface area contributed by atoms with Gasteiger partial charge in [-0.2, -0.15) is 10.1 Å². The molecule has 0 aromatic carbocycles. The van der Waals surface area contributed by atoms with Crippen LogP contribution in [0.1, 0.15) is 32.2 Å². The lowest BCUT2D eigenvalue weighted by Gasteiger charge is -2.30. The number of nitrogens with zero attached hydrogens (tertiary/aromatic N) is 6. The fourth-order valence-electron chi connectivity index (χ4n) is 4.99. The highest BCUT2D eigenvalue weighted by molar-refractivity contribution is 6.06. The van der Waals surface area contributed by atoms with Crippen LogP contribution in [0.3, 0.4) is 0 Å². The number of aryl methyl sites for hydroxylation is 1. The Morgan fingerprint density at radius 2 is 2.00 bits per heavy atom. The number of rotatable bonds is 5. The third-order valence-corrected chi connectivity index (χ3v) is 6.88. The van der Waals surface area contributed by atoms with Crippen LogP contribution in [-0.4, -0.2) is 49.1 Å². The largest absolute Gasteiger partial charge is 0.434 e. The maximum absolute atomic E-state index is 13.6. The van der Waals surface area contributed by atoms with Gasteiger partial charge in [0.25, 0.3) is 0 Å². The van der Waals surface area contributed by atoms with Crippen LogP contribution < -0.4 is 11.0 Å². The Morgan fingerprint density at radius 3 is 2.72 bits per heavy atom. The molecule has 0 unspecified atom stereocenters. The molecule has 0 saturated carbocycles. The lowest BCUT2D eigenvalue weighted by Crippen LogP contribution is -2.34. The number of hydrogen-bond acceptors (Lipinski definition) is 8. The van der Waals surface area contributed by atoms with Gasteiger partial charge in [0.05, 0.1) is 17.7 Å². The second-order valence-corrected chi connectivity index (χ2v) is 9.13. The number of fused-ring (bicyclic) bond motifs is 3. The van der Waals surface area contributed by atoms with E-state index in [1.165, 1.54) is 0 Å². The summed E-state index contributed by atoms with van der Waals surface area (Å²) >= 11 is 0. The van der Waals surface area contributed by atoms with Gasteiger partial charge < -0.3 is 14.5 Å². The smallest absolute Gasteiger partial charge is 0.349 e. The molecule has 184 valence electrons. The Morgan fingerprint density at radius 1 is 1.14 bits per heavy atom. The molecule has 1 aliphatic rings. The minimum atomic E-state index is -0.313. The van der Waals surface area contributed by atoms with Gasteiger partial charge in [-0.15, -0.1) is 0 Å². The number of pyridine rings is 2. The topological polar surface area (TPSA) is 113 Å². The second kappa shape index (κ2) is 8.87. The molecule has 36 heavy (non-hydrogen) atoms. The van der Waals surface area contributed by atoms with Gasteiger partial charge in [0.1, 0.15) is 17.0 Å². The Kier molecular flexibility index (Phi) is 5.52. The molecule has 0 bridgehead atoms. The summed E-state index contributed by atoms with van der Waals surface area (Å²) in [5.41, 5.74) is 4.37. The maximum Gasteiger partial charge on any atom is 0.349 e. The second-order valence-electron chi connectivity index (χ2n) is 9.13. The summed E-state index contributed by atoms with van der Waals surface area (Å²) in [6.07, 6.45) is 9.66. The summed E-state index contributed by atoms with van der Waals surface area (Å²) < 4.78 is 15.7. The van der Waals surface area contributed by atoms with E-state index in [0.29, 0.717) is 34.7 Å². The fourth-order valence-corrected chi connectivity index (χ4v) is 4.99. The summed E-state index contributed by atoms with van der Waals surface area (Å²) in [6, 6.07) is 5.70. The molecule has 0 amide bonds. The Labute approximate surface area is 207 Å². The minimum Gasteiger partial charge on any atom is -0.434 e. The Balaban J connectivity index is 1.63. The van der Waals surface area contributed by atoms with Gasteiger partial charge in [-0.25, -0.2) is 14.8 Å². The molecule has 0 radical (unpaired) electrons. The SMILES string of the molecule is CC[C@H]1C[C@H](n2c(=O)nc(-c3ccc(NC)nc3)c3oc4ncc(-c5cnn(C)c5)cc4c32)CCO1. The van der Waals surface area contributed by atoms with Crippen LogP contribution in [0.4, 0.5) is 5.82 Å². The first-order valence-corrected chi connectivity index (χ1v) is 12.1. The summed E-state index contributed by atoms with van der Waals surface area (Å²) in [5, 5.41) is 8.07. The van der Waals surface area contributed by atoms with Crippen LogP contribution >= 0.6 is 0 Å². The van der Waals surface area contributed by atoms with Gasteiger partial charge in [-0.05, 0) is 37.5 Å². The van der Waals surface area contributed by atoms with E-state index in [4.69, 9.17) is 9.15 Å². The van der Waals surface area contributed by atoms with Crippen LogP contribution in [-0.2, 0) is 11.8 Å². The zero-order chi connectivity index (χ0) is 24.8. The number of nitrogens with one attached hydrogen (secondary N) is 1. The number of ether oxygens (including phenoxy) is 1. The van der Waals surface area contributed by atoms with Crippen molar-refractivity contribution in [1.82, 2.24) is 29.3 Å². The fraction of sp³-hybridized carbons (Fsp3) is 0.346. The van der Waals surface area contributed by atoms with E-state index in [2.05, 4.69) is 32.3 Å². The monoisotopic (exact) mass is 485 g/mol. The normalized spacial score (nSPS) is 18.2. The molecule has 10 heteroatoms. The van der Waals surface area contributed by atoms with Crippen molar-refractivity contribution in [3.05, 3.63) is 53.5 Å². The van der Waals surface area contributed by atoms with Gasteiger partial charge in [0, 0.05) is 62.0 Å². The van der Waals surface area contributed by atoms with Crippen molar-refractivity contribution in [3.8, 4) is 22.4 Å². The average Bonchev–Trinajstić information content (AvgIpc) is 3.51. The minimum absolute atomic E-state index is 0.0482. The first-order chi connectivity index (χ1) is 17.6. The van der Waals surface area contributed by atoms with Crippen LogP contribution in [0, 0.1) is 0 Å². The summed E-state index contributed by atoms with van der Waals surface area (Å²) in [6.45, 7) is 2.70. The molecule has 1 fully saturated rings. The van der Waals surface area contributed by atoms with Crippen LogP contribution in [0.15, 0.2) is 52.2 Å². The number of aromatic nitrogens is 6. The lowest BCUT2D eigenvalue weighted by molar-refractivity contribution is -0.00709. The van der Waals surface area contributed by atoms with Gasteiger partial charge in [0.2, 0.25) is 5.71 Å². The van der Waals surface area contributed by atoms with E-state index < -0.39 is 0 Å². The van der Waals surface area contributed by atoms with Crippen molar-refractivity contribution in [2.75, 3.05) is 19.0 Å². The molecular formula is C26H27N7O3. The van der Waals surface area contributed by atoms with E-state index in [1.807, 2.05) is 38.5 Å². The zero-order valence-corrected chi connectivity index (χ0v) is 20.4. The van der Waals surface area contributed by atoms with Crippen LogP contribution in [0.25, 0.3) is 44.6 Å². The molecular weight excluding hydrogens is 458 g/mol. The van der Waals surface area contributed by atoms with Gasteiger partial charge in [-0.3, -0.25) is 9.25 Å². The standard InChI is InChI=1S/C26H27N7O3/c1-4-19-10-18(7-8-35-19)33-23-20-9-16(17-13-30-32(3)14-17)12-29-25(20)36-24(23)22(31-26(33)34)15-5-6-21(27-2)28-11-15/h5-6,9,11-14,18-19H,4,7-8,10H2,1-3H3,(H,27,28)/t18-,19+/m1/s1. The highest BCUT2D eigenvalue weighted by atomic mass is 16.5. The predicted molar refractivity (Wildman–Crippen MR) is 137 cm³/mol. The molecule has 5 aromatic heterocycles. The number of anilines is 1. The molecule has 0 spiro atoms. The quantitative estimate of drug-likeness (QED) is 0.395. The molecule has 1 saturated heterocycles. The first kappa shape index (κ1) is 22.4. The molecule has 5 aromatic rings. The molecule has 6 rings (SSSR count). The van der Waals surface area contributed by atoms with Crippen molar-refractivity contribution in [3.63, 3.8) is 0 Å². The summed E-state index contributed by atoms with van der Waals surface area (Å²) in [5.74, 6) is 0.725. The highest BCUT2D eigenvalue weighted by Gasteiger charge is 2.29. The molecule has 1 aliphatic heterocycles. The van der Waals surface area contributed by atoms with E-state index in [0.717, 1.165) is 41.6 Å². The van der Waals surface area contributed by atoms with Crippen molar-refractivity contribution in [2.45, 2.75) is 38.3 Å². The average molecular weight is 486 g/mol. The van der Waals surface area contributed by atoms with E-state index in [1.54, 1.807) is 27.8 Å². The van der Waals surface area contributed by atoms with E-state index in [9.17, 15) is 4.79 Å². The third-order valence-electron chi connectivity index (χ3n) is 6.88. The van der Waals surface area contributed by atoms with Crippen LogP contribution in [0.2, 0.25) is 0 Å². The first-order valence-electron chi connectivity index (χ1n) is 12.1. The van der Waals surface area contributed by atoms with Crippen molar-refractivity contribution < 1.29 is 9.15 Å². The summed E-state index contributed by atoms with van der Waals surface area (Å²) in [4.78, 5) is 27.2. The van der Waals surface area contributed by atoms with Gasteiger partial charge in [0.15, 0.2) is 5.58 Å². The number of furan rings is 1. The van der Waals surface area contributed by atoms with Crippen molar-refractivity contribution >= 4 is 28.0 Å². The van der Waals surface area contributed by atoms with Crippen molar-refractivity contribution in [1.29, 1.82) is 0 Å². The van der Waals surface area contributed by atoms with Gasteiger partial charge >= 0.3 is 5.69 Å². The third kappa shape index (κ3) is 3.74. The molecule has 0 aliphatic carbocycles. The van der Waals surface area contributed by atoms with E-state index in [-0.39, 0.29) is 17.8 Å². The Hall–Kier alpha value is -4.05. The highest BCUT2D eigenvalue weighted by Crippen LogP contribution is 2.37. The van der Waals surface area contributed by atoms with Crippen LogP contribution in [0.5, 0.6) is 0 Å². The molecule has 10 nitrogen and oxygen atoms in total. The van der Waals surface area contributed by atoms with E-state index >= 15 is 0 Å². The lowest BCUT2D eigenvalue weighted by atomic mass is 10.0. The zero-order valence-electron chi connectivity index (χ0n) is 20.4.